The summed E-state index contributed by atoms with van der Waals surface area (Å²) < 4.78 is 0.945. The second-order valence-electron chi connectivity index (χ2n) is 3.52. The molecule has 15 heavy (non-hydrogen) atoms. The van der Waals surface area contributed by atoms with Crippen molar-refractivity contribution in [3.63, 3.8) is 0 Å². The summed E-state index contributed by atoms with van der Waals surface area (Å²) in [5.74, 6) is 0.112. The number of hydrogen-bond acceptors (Lipinski definition) is 1. The van der Waals surface area contributed by atoms with Gasteiger partial charge in [-0.05, 0) is 24.6 Å². The van der Waals surface area contributed by atoms with Crippen molar-refractivity contribution in [2.45, 2.75) is 6.42 Å². The topological polar surface area (TPSA) is 20.3 Å². The number of rotatable bonds is 1. The molecule has 0 unspecified atom stereocenters. The predicted octanol–water partition coefficient (Wildman–Crippen LogP) is 2.85. The van der Waals surface area contributed by atoms with Crippen LogP contribution < -0.4 is 0 Å². The molecule has 0 saturated heterocycles. The average molecular weight is 266 g/mol. The minimum atomic E-state index is 0.112. The maximum atomic E-state index is 12.0. The number of benzene rings is 1. The summed E-state index contributed by atoms with van der Waals surface area (Å²) in [4.78, 5) is 13.9. The van der Waals surface area contributed by atoms with Crippen LogP contribution in [0.3, 0.4) is 0 Å². The highest BCUT2D eigenvalue weighted by Gasteiger charge is 2.15. The van der Waals surface area contributed by atoms with Crippen LogP contribution in [-0.4, -0.2) is 23.9 Å². The van der Waals surface area contributed by atoms with E-state index in [2.05, 4.69) is 22.0 Å². The van der Waals surface area contributed by atoms with Gasteiger partial charge < -0.3 is 4.90 Å². The fourth-order valence-electron chi connectivity index (χ4n) is 1.63. The van der Waals surface area contributed by atoms with Crippen molar-refractivity contribution in [2.75, 3.05) is 13.1 Å². The van der Waals surface area contributed by atoms with E-state index in [0.29, 0.717) is 0 Å². The lowest BCUT2D eigenvalue weighted by Gasteiger charge is -2.23. The highest BCUT2D eigenvalue weighted by molar-refractivity contribution is 9.10. The minimum absolute atomic E-state index is 0.112. The van der Waals surface area contributed by atoms with E-state index in [1.165, 1.54) is 0 Å². The Morgan fingerprint density at radius 2 is 2.20 bits per heavy atom. The third-order valence-electron chi connectivity index (χ3n) is 2.42. The van der Waals surface area contributed by atoms with Crippen LogP contribution in [0.1, 0.15) is 16.8 Å². The van der Waals surface area contributed by atoms with Crippen molar-refractivity contribution < 1.29 is 4.79 Å². The molecule has 78 valence electrons. The zero-order chi connectivity index (χ0) is 10.7. The van der Waals surface area contributed by atoms with Crippen LogP contribution in [0.4, 0.5) is 0 Å². The molecule has 0 spiro atoms. The Labute approximate surface area is 97.7 Å². The van der Waals surface area contributed by atoms with Crippen LogP contribution in [0.15, 0.2) is 40.9 Å². The Balaban J connectivity index is 2.16. The van der Waals surface area contributed by atoms with Gasteiger partial charge in [0.15, 0.2) is 0 Å². The molecule has 0 aliphatic carbocycles. The first-order chi connectivity index (χ1) is 7.27. The number of carbonyl (C=O) groups is 1. The van der Waals surface area contributed by atoms with Crippen LogP contribution in [0, 0.1) is 0 Å². The summed E-state index contributed by atoms with van der Waals surface area (Å²) in [6, 6.07) is 7.52. The lowest BCUT2D eigenvalue weighted by Crippen LogP contribution is -2.33. The van der Waals surface area contributed by atoms with E-state index in [-0.39, 0.29) is 5.91 Å². The summed E-state index contributed by atoms with van der Waals surface area (Å²) in [7, 11) is 0. The number of hydrogen-bond donors (Lipinski definition) is 0. The molecule has 1 aliphatic rings. The van der Waals surface area contributed by atoms with E-state index in [9.17, 15) is 4.79 Å². The molecule has 2 nitrogen and oxygen atoms in total. The van der Waals surface area contributed by atoms with Gasteiger partial charge in [0.05, 0.1) is 0 Å². The molecule has 0 N–H and O–H groups in total. The molecule has 1 amide bonds. The summed E-state index contributed by atoms with van der Waals surface area (Å²) in [6.45, 7) is 1.55. The number of halogens is 1. The maximum absolute atomic E-state index is 12.0. The van der Waals surface area contributed by atoms with Gasteiger partial charge in [0.2, 0.25) is 0 Å². The quantitative estimate of drug-likeness (QED) is 0.716. The van der Waals surface area contributed by atoms with Gasteiger partial charge in [-0.25, -0.2) is 0 Å². The molecule has 0 atom stereocenters. The van der Waals surface area contributed by atoms with Crippen LogP contribution in [0.2, 0.25) is 0 Å². The molecule has 0 fully saturated rings. The highest BCUT2D eigenvalue weighted by Crippen LogP contribution is 2.14. The highest BCUT2D eigenvalue weighted by atomic mass is 79.9. The fraction of sp³-hybridized carbons (Fsp3) is 0.250. The second-order valence-corrected chi connectivity index (χ2v) is 4.44. The Kier molecular flexibility index (Phi) is 3.21. The summed E-state index contributed by atoms with van der Waals surface area (Å²) in [6.07, 6.45) is 5.11. The molecular weight excluding hydrogens is 254 g/mol. The Hall–Kier alpha value is -1.09. The standard InChI is InChI=1S/C12H12BrNO/c13-11-6-4-5-10(9-11)12(15)14-7-2-1-3-8-14/h1-2,4-6,9H,3,7-8H2. The Morgan fingerprint density at radius 1 is 1.33 bits per heavy atom. The van der Waals surface area contributed by atoms with Gasteiger partial charge in [0, 0.05) is 23.1 Å². The first-order valence-electron chi connectivity index (χ1n) is 4.97. The van der Waals surface area contributed by atoms with Crippen molar-refractivity contribution in [1.82, 2.24) is 4.90 Å². The predicted molar refractivity (Wildman–Crippen MR) is 63.8 cm³/mol. The molecule has 0 bridgehead atoms. The number of carbonyl (C=O) groups excluding carboxylic acids is 1. The van der Waals surface area contributed by atoms with Gasteiger partial charge in [0.25, 0.3) is 5.91 Å². The zero-order valence-corrected chi connectivity index (χ0v) is 9.90. The Morgan fingerprint density at radius 3 is 2.87 bits per heavy atom. The van der Waals surface area contributed by atoms with Crippen LogP contribution in [0.25, 0.3) is 0 Å². The van der Waals surface area contributed by atoms with E-state index in [1.807, 2.05) is 35.2 Å². The zero-order valence-electron chi connectivity index (χ0n) is 8.32. The largest absolute Gasteiger partial charge is 0.335 e. The number of amides is 1. The molecule has 3 heteroatoms. The fourth-order valence-corrected chi connectivity index (χ4v) is 2.03. The van der Waals surface area contributed by atoms with E-state index in [0.717, 1.165) is 29.5 Å². The molecule has 2 rings (SSSR count). The van der Waals surface area contributed by atoms with Crippen molar-refractivity contribution in [3.05, 3.63) is 46.5 Å². The van der Waals surface area contributed by atoms with Crippen LogP contribution >= 0.6 is 15.9 Å². The molecule has 1 heterocycles. The van der Waals surface area contributed by atoms with Crippen LogP contribution in [-0.2, 0) is 0 Å². The Bertz CT molecular complexity index is 400. The van der Waals surface area contributed by atoms with Gasteiger partial charge in [-0.15, -0.1) is 0 Å². The molecule has 1 aromatic rings. The average Bonchev–Trinajstić information content (AvgIpc) is 2.29. The normalized spacial score (nSPS) is 15.4. The minimum Gasteiger partial charge on any atom is -0.335 e. The lowest BCUT2D eigenvalue weighted by atomic mass is 10.1. The maximum Gasteiger partial charge on any atom is 0.254 e. The van der Waals surface area contributed by atoms with Gasteiger partial charge >= 0.3 is 0 Å². The van der Waals surface area contributed by atoms with Gasteiger partial charge in [0.1, 0.15) is 0 Å². The van der Waals surface area contributed by atoms with E-state index < -0.39 is 0 Å². The summed E-state index contributed by atoms with van der Waals surface area (Å²) in [5, 5.41) is 0. The lowest BCUT2D eigenvalue weighted by molar-refractivity contribution is 0.0771. The third kappa shape index (κ3) is 2.48. The summed E-state index contributed by atoms with van der Waals surface area (Å²) in [5.41, 5.74) is 0.750. The smallest absolute Gasteiger partial charge is 0.254 e. The van der Waals surface area contributed by atoms with Gasteiger partial charge in [-0.1, -0.05) is 34.1 Å². The van der Waals surface area contributed by atoms with E-state index in [1.54, 1.807) is 0 Å². The molecule has 1 aliphatic heterocycles. The first kappa shape index (κ1) is 10.4. The second kappa shape index (κ2) is 4.62. The molecule has 1 aromatic carbocycles. The van der Waals surface area contributed by atoms with E-state index in [4.69, 9.17) is 0 Å². The monoisotopic (exact) mass is 265 g/mol. The van der Waals surface area contributed by atoms with E-state index >= 15 is 0 Å². The molecule has 0 radical (unpaired) electrons. The van der Waals surface area contributed by atoms with Gasteiger partial charge in [-0.2, -0.15) is 0 Å². The van der Waals surface area contributed by atoms with Crippen molar-refractivity contribution in [2.24, 2.45) is 0 Å². The SMILES string of the molecule is O=C(c1cccc(Br)c1)N1CC=CCC1. The van der Waals surface area contributed by atoms with Crippen molar-refractivity contribution >= 4 is 21.8 Å². The molecule has 0 aromatic heterocycles. The van der Waals surface area contributed by atoms with Crippen molar-refractivity contribution in [1.29, 1.82) is 0 Å². The first-order valence-corrected chi connectivity index (χ1v) is 5.76. The molecular formula is C12H12BrNO. The van der Waals surface area contributed by atoms with Crippen LogP contribution in [0.5, 0.6) is 0 Å². The van der Waals surface area contributed by atoms with Gasteiger partial charge in [-0.3, -0.25) is 4.79 Å². The molecule has 0 saturated carbocycles. The third-order valence-corrected chi connectivity index (χ3v) is 2.91. The number of nitrogens with zero attached hydrogens (tertiary/aromatic N) is 1. The summed E-state index contributed by atoms with van der Waals surface area (Å²) >= 11 is 3.37. The van der Waals surface area contributed by atoms with Crippen molar-refractivity contribution in [3.8, 4) is 0 Å².